The predicted octanol–water partition coefficient (Wildman–Crippen LogP) is 2.95. The molecule has 1 aliphatic heterocycles. The first-order valence-corrected chi connectivity index (χ1v) is 9.56. The molecule has 2 aliphatic rings. The van der Waals surface area contributed by atoms with E-state index in [1.54, 1.807) is 12.1 Å². The van der Waals surface area contributed by atoms with E-state index >= 15 is 0 Å². The van der Waals surface area contributed by atoms with Gasteiger partial charge in [0, 0.05) is 17.7 Å². The second-order valence-corrected chi connectivity index (χ2v) is 7.11. The molecule has 0 unspecified atom stereocenters. The number of amides is 1. The van der Waals surface area contributed by atoms with Crippen molar-refractivity contribution in [3.63, 3.8) is 0 Å². The van der Waals surface area contributed by atoms with Crippen LogP contribution in [0.4, 0.5) is 0 Å². The number of ether oxygens (including phenoxy) is 4. The second-order valence-electron chi connectivity index (χ2n) is 7.11. The highest BCUT2D eigenvalue weighted by atomic mass is 16.6. The van der Waals surface area contributed by atoms with Crippen LogP contribution in [0.15, 0.2) is 30.3 Å². The van der Waals surface area contributed by atoms with Crippen LogP contribution in [0.2, 0.25) is 0 Å². The normalized spacial score (nSPS) is 14.8. The number of benzene rings is 2. The lowest BCUT2D eigenvalue weighted by molar-refractivity contribution is -0.146. The molecule has 1 heterocycles. The summed E-state index contributed by atoms with van der Waals surface area (Å²) in [5.41, 5.74) is 3.06. The van der Waals surface area contributed by atoms with Crippen molar-refractivity contribution in [2.45, 2.75) is 19.4 Å². The Morgan fingerprint density at radius 3 is 2.55 bits per heavy atom. The molecule has 152 valence electrons. The summed E-state index contributed by atoms with van der Waals surface area (Å²) in [5.74, 6) is 1.20. The Kier molecular flexibility index (Phi) is 5.29. The smallest absolute Gasteiger partial charge is 0.344 e. The van der Waals surface area contributed by atoms with E-state index in [2.05, 4.69) is 5.32 Å². The molecule has 1 saturated carbocycles. The third-order valence-electron chi connectivity index (χ3n) is 5.15. The molecule has 0 radical (unpaired) electrons. The minimum Gasteiger partial charge on any atom is -0.493 e. The summed E-state index contributed by atoms with van der Waals surface area (Å²) in [6.45, 7) is 0.626. The van der Waals surface area contributed by atoms with Gasteiger partial charge in [-0.25, -0.2) is 4.79 Å². The third-order valence-corrected chi connectivity index (χ3v) is 5.15. The standard InChI is InChI=1S/C22H23NO6/c1-26-18-9-8-15(14-4-3-5-16-17(14)10-23-22(16)25)20(21(18)27-2)29-12-19(24)28-11-13-6-7-13/h3-5,8-9,13H,6-7,10-12H2,1-2H3,(H,23,25). The quantitative estimate of drug-likeness (QED) is 0.690. The molecule has 1 N–H and O–H groups in total. The average molecular weight is 397 g/mol. The summed E-state index contributed by atoms with van der Waals surface area (Å²) in [6.07, 6.45) is 2.21. The number of rotatable bonds is 8. The van der Waals surface area contributed by atoms with Gasteiger partial charge in [0.2, 0.25) is 5.75 Å². The van der Waals surface area contributed by atoms with Crippen molar-refractivity contribution in [3.05, 3.63) is 41.5 Å². The highest BCUT2D eigenvalue weighted by Crippen LogP contribution is 2.46. The van der Waals surface area contributed by atoms with E-state index in [-0.39, 0.29) is 12.5 Å². The van der Waals surface area contributed by atoms with Gasteiger partial charge in [0.1, 0.15) is 0 Å². The topological polar surface area (TPSA) is 83.1 Å². The molecular weight excluding hydrogens is 374 g/mol. The van der Waals surface area contributed by atoms with Crippen molar-refractivity contribution in [2.75, 3.05) is 27.4 Å². The minimum absolute atomic E-state index is 0.103. The fourth-order valence-corrected chi connectivity index (χ4v) is 3.43. The number of esters is 1. The largest absolute Gasteiger partial charge is 0.493 e. The fourth-order valence-electron chi connectivity index (χ4n) is 3.43. The summed E-state index contributed by atoms with van der Waals surface area (Å²) in [5, 5.41) is 2.84. The van der Waals surface area contributed by atoms with Crippen LogP contribution in [-0.4, -0.2) is 39.3 Å². The monoisotopic (exact) mass is 397 g/mol. The van der Waals surface area contributed by atoms with E-state index in [1.165, 1.54) is 14.2 Å². The zero-order chi connectivity index (χ0) is 20.4. The molecule has 1 amide bonds. The lowest BCUT2D eigenvalue weighted by Gasteiger charge is -2.18. The summed E-state index contributed by atoms with van der Waals surface area (Å²) in [4.78, 5) is 24.2. The first-order chi connectivity index (χ1) is 14.1. The van der Waals surface area contributed by atoms with Crippen molar-refractivity contribution in [2.24, 2.45) is 5.92 Å². The third kappa shape index (κ3) is 3.85. The SMILES string of the molecule is COc1ccc(-c2cccc3c2CNC3=O)c(OCC(=O)OCC2CC2)c1OC. The molecule has 0 saturated heterocycles. The van der Waals surface area contributed by atoms with Crippen molar-refractivity contribution < 1.29 is 28.5 Å². The summed E-state index contributed by atoms with van der Waals surface area (Å²) < 4.78 is 22.0. The van der Waals surface area contributed by atoms with Crippen LogP contribution in [-0.2, 0) is 16.1 Å². The van der Waals surface area contributed by atoms with Gasteiger partial charge < -0.3 is 24.3 Å². The Bertz CT molecular complexity index is 951. The molecular formula is C22H23NO6. The number of nitrogens with one attached hydrogen (secondary N) is 1. The molecule has 0 bridgehead atoms. The zero-order valence-corrected chi connectivity index (χ0v) is 16.4. The Morgan fingerprint density at radius 2 is 1.83 bits per heavy atom. The Hall–Kier alpha value is -3.22. The number of methoxy groups -OCH3 is 2. The molecule has 0 atom stereocenters. The zero-order valence-electron chi connectivity index (χ0n) is 16.4. The Labute approximate surface area is 168 Å². The molecule has 29 heavy (non-hydrogen) atoms. The van der Waals surface area contributed by atoms with Gasteiger partial charge in [-0.2, -0.15) is 0 Å². The molecule has 0 aromatic heterocycles. The van der Waals surface area contributed by atoms with Gasteiger partial charge in [-0.1, -0.05) is 12.1 Å². The highest BCUT2D eigenvalue weighted by molar-refractivity contribution is 6.01. The molecule has 7 nitrogen and oxygen atoms in total. The number of hydrogen-bond acceptors (Lipinski definition) is 6. The maximum atomic E-state index is 12.1. The van der Waals surface area contributed by atoms with Crippen molar-refractivity contribution in [1.82, 2.24) is 5.32 Å². The van der Waals surface area contributed by atoms with E-state index in [0.29, 0.717) is 47.4 Å². The maximum Gasteiger partial charge on any atom is 0.344 e. The molecule has 2 aromatic carbocycles. The minimum atomic E-state index is -0.428. The van der Waals surface area contributed by atoms with Gasteiger partial charge >= 0.3 is 5.97 Å². The molecule has 0 spiro atoms. The van der Waals surface area contributed by atoms with Crippen molar-refractivity contribution in [1.29, 1.82) is 0 Å². The number of carbonyl (C=O) groups excluding carboxylic acids is 2. The van der Waals surface area contributed by atoms with Gasteiger partial charge in [0.15, 0.2) is 18.1 Å². The first-order valence-electron chi connectivity index (χ1n) is 9.56. The van der Waals surface area contributed by atoms with E-state index in [1.807, 2.05) is 18.2 Å². The van der Waals surface area contributed by atoms with Crippen LogP contribution in [0.3, 0.4) is 0 Å². The van der Waals surface area contributed by atoms with Crippen LogP contribution in [0.5, 0.6) is 17.2 Å². The van der Waals surface area contributed by atoms with Crippen molar-refractivity contribution >= 4 is 11.9 Å². The molecule has 7 heteroatoms. The second kappa shape index (κ2) is 8.03. The van der Waals surface area contributed by atoms with E-state index in [9.17, 15) is 9.59 Å². The average Bonchev–Trinajstić information content (AvgIpc) is 3.51. The number of carbonyl (C=O) groups is 2. The predicted molar refractivity (Wildman–Crippen MR) is 105 cm³/mol. The lowest BCUT2D eigenvalue weighted by atomic mass is 9.95. The Morgan fingerprint density at radius 1 is 1.03 bits per heavy atom. The van der Waals surface area contributed by atoms with Crippen LogP contribution >= 0.6 is 0 Å². The van der Waals surface area contributed by atoms with Gasteiger partial charge in [0.25, 0.3) is 5.91 Å². The number of fused-ring (bicyclic) bond motifs is 1. The molecule has 4 rings (SSSR count). The Balaban J connectivity index is 1.68. The van der Waals surface area contributed by atoms with Gasteiger partial charge in [-0.3, -0.25) is 4.79 Å². The van der Waals surface area contributed by atoms with Crippen LogP contribution < -0.4 is 19.5 Å². The van der Waals surface area contributed by atoms with Crippen LogP contribution in [0, 0.1) is 5.92 Å². The maximum absolute atomic E-state index is 12.1. The van der Waals surface area contributed by atoms with E-state index < -0.39 is 5.97 Å². The van der Waals surface area contributed by atoms with Gasteiger partial charge in [-0.15, -0.1) is 0 Å². The summed E-state index contributed by atoms with van der Waals surface area (Å²) >= 11 is 0. The highest BCUT2D eigenvalue weighted by Gasteiger charge is 2.27. The molecule has 1 fully saturated rings. The first kappa shape index (κ1) is 19.1. The fraction of sp³-hybridized carbons (Fsp3) is 0.364. The van der Waals surface area contributed by atoms with Gasteiger partial charge in [0.05, 0.1) is 20.8 Å². The van der Waals surface area contributed by atoms with E-state index in [0.717, 1.165) is 24.0 Å². The van der Waals surface area contributed by atoms with Crippen LogP contribution in [0.25, 0.3) is 11.1 Å². The molecule has 2 aromatic rings. The number of hydrogen-bond donors (Lipinski definition) is 1. The van der Waals surface area contributed by atoms with E-state index in [4.69, 9.17) is 18.9 Å². The summed E-state index contributed by atoms with van der Waals surface area (Å²) in [7, 11) is 3.05. The van der Waals surface area contributed by atoms with Crippen LogP contribution in [0.1, 0.15) is 28.8 Å². The van der Waals surface area contributed by atoms with Gasteiger partial charge in [-0.05, 0) is 48.1 Å². The van der Waals surface area contributed by atoms with Crippen molar-refractivity contribution in [3.8, 4) is 28.4 Å². The summed E-state index contributed by atoms with van der Waals surface area (Å²) in [6, 6.07) is 9.14. The molecule has 1 aliphatic carbocycles. The lowest BCUT2D eigenvalue weighted by Crippen LogP contribution is -2.17.